The van der Waals surface area contributed by atoms with Gasteiger partial charge in [-0.2, -0.15) is 0 Å². The average molecular weight is 326 g/mol. The number of nitrogens with one attached hydrogen (secondary N) is 1. The van der Waals surface area contributed by atoms with Crippen molar-refractivity contribution in [3.8, 4) is 0 Å². The molecule has 22 heavy (non-hydrogen) atoms. The van der Waals surface area contributed by atoms with Crippen LogP contribution in [-0.4, -0.2) is 41.9 Å². The molecule has 2 aliphatic heterocycles. The Bertz CT molecular complexity index is 600. The third kappa shape index (κ3) is 2.94. The lowest BCUT2D eigenvalue weighted by molar-refractivity contribution is -0.385. The van der Waals surface area contributed by atoms with E-state index >= 15 is 0 Å². The van der Waals surface area contributed by atoms with Gasteiger partial charge in [-0.15, -0.1) is 12.4 Å². The summed E-state index contributed by atoms with van der Waals surface area (Å²) in [7, 11) is 0. The van der Waals surface area contributed by atoms with Crippen LogP contribution < -0.4 is 5.32 Å². The maximum absolute atomic E-state index is 12.6. The molecule has 7 heteroatoms. The molecular formula is C15H20ClN3O3. The highest BCUT2D eigenvalue weighted by atomic mass is 35.5. The summed E-state index contributed by atoms with van der Waals surface area (Å²) in [4.78, 5) is 25.0. The normalized spacial score (nSPS) is 23.6. The molecule has 2 heterocycles. The molecule has 0 aliphatic carbocycles. The van der Waals surface area contributed by atoms with Gasteiger partial charge in [0.25, 0.3) is 11.6 Å². The van der Waals surface area contributed by atoms with E-state index in [1.165, 1.54) is 6.07 Å². The van der Waals surface area contributed by atoms with Crippen LogP contribution in [0.2, 0.25) is 0 Å². The van der Waals surface area contributed by atoms with Gasteiger partial charge in [-0.05, 0) is 32.4 Å². The topological polar surface area (TPSA) is 75.5 Å². The summed E-state index contributed by atoms with van der Waals surface area (Å²) < 4.78 is 0. The van der Waals surface area contributed by atoms with Crippen LogP contribution in [-0.2, 0) is 0 Å². The van der Waals surface area contributed by atoms with Gasteiger partial charge in [-0.25, -0.2) is 0 Å². The largest absolute Gasteiger partial charge is 0.338 e. The molecule has 1 amide bonds. The first-order chi connectivity index (χ1) is 10.0. The number of nitro benzene ring substituents is 1. The van der Waals surface area contributed by atoms with Gasteiger partial charge in [0, 0.05) is 42.2 Å². The molecule has 120 valence electrons. The molecule has 1 aromatic carbocycles. The summed E-state index contributed by atoms with van der Waals surface area (Å²) in [6, 6.07) is 4.73. The second-order valence-electron chi connectivity index (χ2n) is 6.16. The monoisotopic (exact) mass is 325 g/mol. The number of hydrogen-bond donors (Lipinski definition) is 1. The standard InChI is InChI=1S/C15H19N3O3.ClH/c1-11-2-3-12(8-13(11)18(20)21)14(19)17-7-5-15(10-17)4-6-16-9-15;/h2-3,8,16H,4-7,9-10H2,1H3;1H. The van der Waals surface area contributed by atoms with Crippen molar-refractivity contribution in [2.75, 3.05) is 26.2 Å². The zero-order chi connectivity index (χ0) is 15.0. The quantitative estimate of drug-likeness (QED) is 0.667. The molecular weight excluding hydrogens is 306 g/mol. The maximum atomic E-state index is 12.6. The van der Waals surface area contributed by atoms with Gasteiger partial charge < -0.3 is 10.2 Å². The van der Waals surface area contributed by atoms with E-state index in [-0.39, 0.29) is 29.4 Å². The predicted molar refractivity (Wildman–Crippen MR) is 85.5 cm³/mol. The Hall–Kier alpha value is -1.66. The Kier molecular flexibility index (Phi) is 4.72. The highest BCUT2D eigenvalue weighted by Gasteiger charge is 2.42. The summed E-state index contributed by atoms with van der Waals surface area (Å²) in [5.74, 6) is -0.0955. The van der Waals surface area contributed by atoms with Crippen LogP contribution in [0.1, 0.15) is 28.8 Å². The number of rotatable bonds is 2. The van der Waals surface area contributed by atoms with E-state index in [4.69, 9.17) is 0 Å². The first-order valence-corrected chi connectivity index (χ1v) is 7.26. The Morgan fingerprint density at radius 2 is 2.18 bits per heavy atom. The number of amides is 1. The molecule has 2 aliphatic rings. The molecule has 1 N–H and O–H groups in total. The first-order valence-electron chi connectivity index (χ1n) is 7.26. The Labute approximate surface area is 135 Å². The molecule has 2 saturated heterocycles. The van der Waals surface area contributed by atoms with Crippen molar-refractivity contribution in [3.05, 3.63) is 39.4 Å². The second kappa shape index (κ2) is 6.22. The van der Waals surface area contributed by atoms with Crippen LogP contribution in [0.4, 0.5) is 5.69 Å². The molecule has 6 nitrogen and oxygen atoms in total. The minimum absolute atomic E-state index is 0. The number of hydrogen-bond acceptors (Lipinski definition) is 4. The van der Waals surface area contributed by atoms with Crippen molar-refractivity contribution in [2.45, 2.75) is 19.8 Å². The Balaban J connectivity index is 0.00000176. The Morgan fingerprint density at radius 3 is 2.82 bits per heavy atom. The lowest BCUT2D eigenvalue weighted by Crippen LogP contribution is -2.33. The molecule has 3 rings (SSSR count). The van der Waals surface area contributed by atoms with E-state index < -0.39 is 4.92 Å². The molecule has 1 atom stereocenters. The number of halogens is 1. The zero-order valence-electron chi connectivity index (χ0n) is 12.5. The van der Waals surface area contributed by atoms with Crippen molar-refractivity contribution in [2.24, 2.45) is 5.41 Å². The van der Waals surface area contributed by atoms with Crippen molar-refractivity contribution >= 4 is 24.0 Å². The van der Waals surface area contributed by atoms with Crippen LogP contribution in [0.5, 0.6) is 0 Å². The maximum Gasteiger partial charge on any atom is 0.273 e. The van der Waals surface area contributed by atoms with Gasteiger partial charge in [0.1, 0.15) is 0 Å². The number of nitro groups is 1. The second-order valence-corrected chi connectivity index (χ2v) is 6.16. The van der Waals surface area contributed by atoms with Crippen LogP contribution >= 0.6 is 12.4 Å². The molecule has 1 spiro atoms. The SMILES string of the molecule is Cc1ccc(C(=O)N2CCC3(CCNC3)C2)cc1[N+](=O)[O-].Cl. The molecule has 0 bridgehead atoms. The number of likely N-dealkylation sites (tertiary alicyclic amines) is 1. The fraction of sp³-hybridized carbons (Fsp3) is 0.533. The van der Waals surface area contributed by atoms with Gasteiger partial charge in [0.05, 0.1) is 4.92 Å². The van der Waals surface area contributed by atoms with Crippen molar-refractivity contribution < 1.29 is 9.72 Å². The van der Waals surface area contributed by atoms with Crippen LogP contribution in [0.3, 0.4) is 0 Å². The van der Waals surface area contributed by atoms with Gasteiger partial charge in [-0.1, -0.05) is 6.07 Å². The number of aryl methyl sites for hydroxylation is 1. The van der Waals surface area contributed by atoms with Crippen molar-refractivity contribution in [1.29, 1.82) is 0 Å². The lowest BCUT2D eigenvalue weighted by Gasteiger charge is -2.22. The van der Waals surface area contributed by atoms with E-state index in [1.807, 2.05) is 4.90 Å². The number of nitrogens with zero attached hydrogens (tertiary/aromatic N) is 2. The van der Waals surface area contributed by atoms with E-state index in [2.05, 4.69) is 5.32 Å². The fourth-order valence-electron chi connectivity index (χ4n) is 3.37. The highest BCUT2D eigenvalue weighted by Crippen LogP contribution is 2.36. The number of benzene rings is 1. The first kappa shape index (κ1) is 16.7. The minimum Gasteiger partial charge on any atom is -0.338 e. The molecule has 1 aromatic rings. The minimum atomic E-state index is -0.432. The van der Waals surface area contributed by atoms with Crippen LogP contribution in [0.15, 0.2) is 18.2 Å². The summed E-state index contributed by atoms with van der Waals surface area (Å²) in [6.45, 7) is 5.15. The van der Waals surface area contributed by atoms with Crippen LogP contribution in [0, 0.1) is 22.5 Å². The molecule has 0 aromatic heterocycles. The number of carbonyl (C=O) groups excluding carboxylic acids is 1. The van der Waals surface area contributed by atoms with E-state index in [9.17, 15) is 14.9 Å². The number of carbonyl (C=O) groups is 1. The Morgan fingerprint density at radius 1 is 1.41 bits per heavy atom. The summed E-state index contributed by atoms with van der Waals surface area (Å²) in [5.41, 5.74) is 1.22. The lowest BCUT2D eigenvalue weighted by atomic mass is 9.86. The van der Waals surface area contributed by atoms with E-state index in [1.54, 1.807) is 19.1 Å². The highest BCUT2D eigenvalue weighted by molar-refractivity contribution is 5.95. The summed E-state index contributed by atoms with van der Waals surface area (Å²) in [6.07, 6.45) is 2.12. The van der Waals surface area contributed by atoms with Gasteiger partial charge in [0.15, 0.2) is 0 Å². The predicted octanol–water partition coefficient (Wildman–Crippen LogP) is 2.15. The molecule has 2 fully saturated rings. The van der Waals surface area contributed by atoms with Gasteiger partial charge >= 0.3 is 0 Å². The molecule has 0 radical (unpaired) electrons. The van der Waals surface area contributed by atoms with Gasteiger partial charge in [-0.3, -0.25) is 14.9 Å². The summed E-state index contributed by atoms with van der Waals surface area (Å²) in [5, 5.41) is 14.4. The van der Waals surface area contributed by atoms with Crippen molar-refractivity contribution in [1.82, 2.24) is 10.2 Å². The smallest absolute Gasteiger partial charge is 0.273 e. The zero-order valence-corrected chi connectivity index (χ0v) is 13.3. The van der Waals surface area contributed by atoms with Crippen molar-refractivity contribution in [3.63, 3.8) is 0 Å². The van der Waals surface area contributed by atoms with Crippen LogP contribution in [0.25, 0.3) is 0 Å². The third-order valence-electron chi connectivity index (χ3n) is 4.71. The molecule has 0 saturated carbocycles. The van der Waals surface area contributed by atoms with E-state index in [0.717, 1.165) is 39.0 Å². The van der Waals surface area contributed by atoms with Gasteiger partial charge in [0.2, 0.25) is 0 Å². The van der Waals surface area contributed by atoms with E-state index in [0.29, 0.717) is 11.1 Å². The average Bonchev–Trinajstić information content (AvgIpc) is 3.09. The molecule has 1 unspecified atom stereocenters. The summed E-state index contributed by atoms with van der Waals surface area (Å²) >= 11 is 0. The fourth-order valence-corrected chi connectivity index (χ4v) is 3.37. The third-order valence-corrected chi connectivity index (χ3v) is 4.71.